The van der Waals surface area contributed by atoms with Crippen LogP contribution in [0.3, 0.4) is 0 Å². The molecule has 0 fully saturated rings. The molecule has 1 heterocycles. The zero-order valence-corrected chi connectivity index (χ0v) is 16.1. The molecule has 8 nitrogen and oxygen atoms in total. The van der Waals surface area contributed by atoms with E-state index in [1.807, 2.05) is 13.8 Å². The van der Waals surface area contributed by atoms with Crippen molar-refractivity contribution < 1.29 is 23.6 Å². The lowest BCUT2D eigenvalue weighted by molar-refractivity contribution is -0.153. The molecule has 2 N–H and O–H groups in total. The van der Waals surface area contributed by atoms with Crippen LogP contribution in [0.15, 0.2) is 34.9 Å². The van der Waals surface area contributed by atoms with Crippen LogP contribution in [0, 0.1) is 13.8 Å². The Balaban J connectivity index is 1.98. The smallest absolute Gasteiger partial charge is 0.321 e. The van der Waals surface area contributed by atoms with E-state index in [2.05, 4.69) is 15.8 Å². The number of aryl methyl sites for hydroxylation is 2. The Morgan fingerprint density at radius 2 is 1.93 bits per heavy atom. The van der Waals surface area contributed by atoms with Gasteiger partial charge >= 0.3 is 12.0 Å². The number of carbonyl (C=O) groups excluding carboxylic acids is 3. The van der Waals surface area contributed by atoms with Gasteiger partial charge in [-0.05, 0) is 13.8 Å². The predicted molar refractivity (Wildman–Crippen MR) is 100 cm³/mol. The van der Waals surface area contributed by atoms with E-state index in [4.69, 9.17) is 9.26 Å². The number of nitrogens with one attached hydrogen (secondary N) is 2. The maximum atomic E-state index is 12.3. The van der Waals surface area contributed by atoms with Crippen LogP contribution in [-0.4, -0.2) is 35.9 Å². The van der Waals surface area contributed by atoms with Crippen LogP contribution in [0.2, 0.25) is 0 Å². The Hall–Kier alpha value is -2.81. The molecule has 0 saturated carbocycles. The van der Waals surface area contributed by atoms with Gasteiger partial charge in [-0.15, -0.1) is 11.8 Å². The molecule has 1 atom stereocenters. The summed E-state index contributed by atoms with van der Waals surface area (Å²) in [4.78, 5) is 36.0. The number of amides is 3. The summed E-state index contributed by atoms with van der Waals surface area (Å²) < 4.78 is 10.4. The zero-order chi connectivity index (χ0) is 19.8. The van der Waals surface area contributed by atoms with Crippen molar-refractivity contribution in [2.24, 2.45) is 0 Å². The highest BCUT2D eigenvalue weighted by Gasteiger charge is 2.26. The lowest BCUT2D eigenvalue weighted by Gasteiger charge is -2.17. The van der Waals surface area contributed by atoms with Crippen molar-refractivity contribution in [1.29, 1.82) is 0 Å². The van der Waals surface area contributed by atoms with E-state index in [0.717, 1.165) is 11.3 Å². The topological polar surface area (TPSA) is 111 Å². The Labute approximate surface area is 161 Å². The van der Waals surface area contributed by atoms with Gasteiger partial charge in [-0.1, -0.05) is 35.5 Å². The lowest BCUT2D eigenvalue weighted by atomic mass is 10.1. The van der Waals surface area contributed by atoms with Crippen LogP contribution in [0.1, 0.15) is 28.7 Å². The molecule has 1 aromatic carbocycles. The van der Waals surface area contributed by atoms with Gasteiger partial charge in [0.1, 0.15) is 5.76 Å². The second-order valence-corrected chi connectivity index (χ2v) is 6.63. The minimum absolute atomic E-state index is 0.0423. The number of thioether (sulfide) groups is 1. The van der Waals surface area contributed by atoms with E-state index in [1.165, 1.54) is 18.8 Å². The average Bonchev–Trinajstić information content (AvgIpc) is 2.98. The fourth-order valence-corrected chi connectivity index (χ4v) is 3.20. The summed E-state index contributed by atoms with van der Waals surface area (Å²) in [5.41, 5.74) is 2.19. The summed E-state index contributed by atoms with van der Waals surface area (Å²) in [5.74, 6) is 0.00921. The summed E-state index contributed by atoms with van der Waals surface area (Å²) in [7, 11) is 1.39. The van der Waals surface area contributed by atoms with E-state index in [0.29, 0.717) is 17.1 Å². The van der Waals surface area contributed by atoms with E-state index < -0.39 is 24.0 Å². The van der Waals surface area contributed by atoms with Crippen LogP contribution >= 0.6 is 11.8 Å². The van der Waals surface area contributed by atoms with E-state index in [9.17, 15) is 14.4 Å². The van der Waals surface area contributed by atoms with E-state index in [-0.39, 0.29) is 5.75 Å². The molecule has 0 saturated heterocycles. The van der Waals surface area contributed by atoms with Gasteiger partial charge in [0, 0.05) is 23.9 Å². The molecular weight excluding hydrogens is 370 g/mol. The quantitative estimate of drug-likeness (QED) is 0.697. The number of aromatic nitrogens is 1. The molecule has 2 rings (SSSR count). The van der Waals surface area contributed by atoms with Crippen molar-refractivity contribution in [3.8, 4) is 0 Å². The molecule has 144 valence electrons. The van der Waals surface area contributed by atoms with Crippen LogP contribution in [0.5, 0.6) is 0 Å². The number of benzene rings is 1. The Morgan fingerprint density at radius 1 is 1.22 bits per heavy atom. The van der Waals surface area contributed by atoms with Crippen LogP contribution < -0.4 is 10.6 Å². The summed E-state index contributed by atoms with van der Waals surface area (Å²) >= 11 is 1.33. The first kappa shape index (κ1) is 20.5. The Kier molecular flexibility index (Phi) is 7.42. The average molecular weight is 391 g/mol. The third kappa shape index (κ3) is 5.85. The summed E-state index contributed by atoms with van der Waals surface area (Å²) in [6, 6.07) is 7.84. The highest BCUT2D eigenvalue weighted by atomic mass is 32.2. The van der Waals surface area contributed by atoms with E-state index in [1.54, 1.807) is 30.3 Å². The van der Waals surface area contributed by atoms with Crippen LogP contribution in [-0.2, 0) is 20.1 Å². The first-order valence-corrected chi connectivity index (χ1v) is 9.34. The molecule has 3 amide bonds. The molecule has 1 unspecified atom stereocenters. The number of esters is 1. The molecule has 9 heteroatoms. The third-order valence-electron chi connectivity index (χ3n) is 3.70. The normalized spacial score (nSPS) is 11.5. The summed E-state index contributed by atoms with van der Waals surface area (Å²) in [6.07, 6.45) is -1.21. The fraction of sp³-hybridized carbons (Fsp3) is 0.333. The fourth-order valence-electron chi connectivity index (χ4n) is 2.25. The second-order valence-electron chi connectivity index (χ2n) is 5.64. The molecule has 0 aliphatic rings. The van der Waals surface area contributed by atoms with Gasteiger partial charge < -0.3 is 14.6 Å². The van der Waals surface area contributed by atoms with Crippen molar-refractivity contribution in [2.75, 3.05) is 12.8 Å². The molecule has 0 aliphatic carbocycles. The van der Waals surface area contributed by atoms with Crippen molar-refractivity contribution in [3.63, 3.8) is 0 Å². The van der Waals surface area contributed by atoms with Gasteiger partial charge in [0.05, 0.1) is 11.4 Å². The molecule has 1 aromatic heterocycles. The number of hydrogen-bond acceptors (Lipinski definition) is 7. The number of nitrogens with zero attached hydrogens (tertiary/aromatic N) is 1. The van der Waals surface area contributed by atoms with Gasteiger partial charge in [-0.2, -0.15) is 0 Å². The predicted octanol–water partition coefficient (Wildman–Crippen LogP) is 2.26. The summed E-state index contributed by atoms with van der Waals surface area (Å²) in [6.45, 7) is 3.64. The maximum absolute atomic E-state index is 12.3. The molecule has 27 heavy (non-hydrogen) atoms. The minimum atomic E-state index is -1.21. The first-order chi connectivity index (χ1) is 12.9. The summed E-state index contributed by atoms with van der Waals surface area (Å²) in [5, 5.41) is 8.28. The maximum Gasteiger partial charge on any atom is 0.321 e. The third-order valence-corrected chi connectivity index (χ3v) is 4.63. The van der Waals surface area contributed by atoms with Gasteiger partial charge in [0.2, 0.25) is 6.10 Å². The van der Waals surface area contributed by atoms with Crippen LogP contribution in [0.4, 0.5) is 4.79 Å². The van der Waals surface area contributed by atoms with Gasteiger partial charge in [-0.25, -0.2) is 4.79 Å². The highest BCUT2D eigenvalue weighted by molar-refractivity contribution is 7.99. The van der Waals surface area contributed by atoms with Gasteiger partial charge in [0.25, 0.3) is 5.91 Å². The van der Waals surface area contributed by atoms with Gasteiger partial charge in [-0.3, -0.25) is 14.9 Å². The van der Waals surface area contributed by atoms with Crippen molar-refractivity contribution in [1.82, 2.24) is 15.8 Å². The lowest BCUT2D eigenvalue weighted by Crippen LogP contribution is -2.41. The monoisotopic (exact) mass is 391 g/mol. The first-order valence-electron chi connectivity index (χ1n) is 8.18. The number of rotatable bonds is 7. The van der Waals surface area contributed by atoms with Crippen molar-refractivity contribution >= 4 is 29.7 Å². The Bertz CT molecular complexity index is 787. The number of imide groups is 1. The SMILES string of the molecule is CNC(=O)NC(=O)C(OC(=O)CSCc1c(C)noc1C)c1ccccc1. The highest BCUT2D eigenvalue weighted by Crippen LogP contribution is 2.22. The van der Waals surface area contributed by atoms with Crippen molar-refractivity contribution in [3.05, 3.63) is 52.9 Å². The Morgan fingerprint density at radius 3 is 2.52 bits per heavy atom. The van der Waals surface area contributed by atoms with E-state index >= 15 is 0 Å². The molecule has 0 spiro atoms. The standard InChI is InChI=1S/C18H21N3O5S/c1-11-14(12(2)26-21-11)9-27-10-15(22)25-16(13-7-5-4-6-8-13)17(23)20-18(24)19-3/h4-8,16H,9-10H2,1-3H3,(H2,19,20,23,24). The number of carbonyl (C=O) groups is 3. The second kappa shape index (κ2) is 9.77. The minimum Gasteiger partial charge on any atom is -0.447 e. The van der Waals surface area contributed by atoms with Gasteiger partial charge in [0.15, 0.2) is 0 Å². The molecule has 0 radical (unpaired) electrons. The largest absolute Gasteiger partial charge is 0.447 e. The van der Waals surface area contributed by atoms with Crippen LogP contribution in [0.25, 0.3) is 0 Å². The number of hydrogen-bond donors (Lipinski definition) is 2. The molecular formula is C18H21N3O5S. The molecule has 0 aliphatic heterocycles. The number of ether oxygens (including phenoxy) is 1. The zero-order valence-electron chi connectivity index (χ0n) is 15.3. The molecule has 2 aromatic rings. The molecule has 0 bridgehead atoms. The van der Waals surface area contributed by atoms with Crippen molar-refractivity contribution in [2.45, 2.75) is 25.7 Å². The number of urea groups is 1.